The number of aliphatic hydroxyl groups excluding tert-OH is 1. The van der Waals surface area contributed by atoms with Crippen LogP contribution in [0.15, 0.2) is 18.2 Å². The van der Waals surface area contributed by atoms with E-state index < -0.39 is 11.7 Å². The first-order chi connectivity index (χ1) is 10.2. The highest BCUT2D eigenvalue weighted by Gasteiger charge is 2.18. The minimum Gasteiger partial charge on any atom is -0.496 e. The third-order valence-electron chi connectivity index (χ3n) is 3.14. The molecule has 5 nitrogen and oxygen atoms in total. The molecule has 0 aromatic heterocycles. The molecule has 0 spiro atoms. The minimum absolute atomic E-state index is 0.0209. The standard InChI is InChI=1S/C17H27NO4/c1-12-6-7-15(21-5)14(8-12)9-13(11-19)10-18-16(20)22-17(2,3)4/h6-8,13,19H,9-11H2,1-5H3,(H,18,20). The fourth-order valence-corrected chi connectivity index (χ4v) is 2.12. The van der Waals surface area contributed by atoms with Gasteiger partial charge in [-0.15, -0.1) is 0 Å². The van der Waals surface area contributed by atoms with Gasteiger partial charge in [0.2, 0.25) is 0 Å². The van der Waals surface area contributed by atoms with Crippen LogP contribution in [0.1, 0.15) is 31.9 Å². The van der Waals surface area contributed by atoms with E-state index in [0.29, 0.717) is 13.0 Å². The van der Waals surface area contributed by atoms with Gasteiger partial charge < -0.3 is 19.9 Å². The van der Waals surface area contributed by atoms with E-state index in [2.05, 4.69) is 5.32 Å². The second-order valence-electron chi connectivity index (χ2n) is 6.45. The Hall–Kier alpha value is -1.75. The molecule has 1 amide bonds. The summed E-state index contributed by atoms with van der Waals surface area (Å²) >= 11 is 0. The molecule has 0 bridgehead atoms. The minimum atomic E-state index is -0.529. The largest absolute Gasteiger partial charge is 0.496 e. The van der Waals surface area contributed by atoms with Crippen molar-refractivity contribution in [3.8, 4) is 5.75 Å². The molecule has 22 heavy (non-hydrogen) atoms. The Kier molecular flexibility index (Phi) is 6.68. The van der Waals surface area contributed by atoms with Crippen molar-refractivity contribution in [2.24, 2.45) is 5.92 Å². The predicted octanol–water partition coefficient (Wildman–Crippen LogP) is 2.68. The van der Waals surface area contributed by atoms with E-state index >= 15 is 0 Å². The molecule has 0 aliphatic heterocycles. The molecule has 0 heterocycles. The smallest absolute Gasteiger partial charge is 0.407 e. The summed E-state index contributed by atoms with van der Waals surface area (Å²) in [5.41, 5.74) is 1.62. The number of rotatable bonds is 6. The molecule has 1 aromatic rings. The highest BCUT2D eigenvalue weighted by molar-refractivity contribution is 5.67. The number of alkyl carbamates (subject to hydrolysis) is 1. The number of hydrogen-bond donors (Lipinski definition) is 2. The maximum Gasteiger partial charge on any atom is 0.407 e. The van der Waals surface area contributed by atoms with Gasteiger partial charge in [0.05, 0.1) is 7.11 Å². The van der Waals surface area contributed by atoms with Crippen LogP contribution >= 0.6 is 0 Å². The summed E-state index contributed by atoms with van der Waals surface area (Å²) in [7, 11) is 1.63. The number of methoxy groups -OCH3 is 1. The van der Waals surface area contributed by atoms with E-state index in [0.717, 1.165) is 16.9 Å². The Bertz CT molecular complexity index is 494. The van der Waals surface area contributed by atoms with E-state index in [9.17, 15) is 9.90 Å². The van der Waals surface area contributed by atoms with Crippen LogP contribution in [0.25, 0.3) is 0 Å². The molecule has 0 aliphatic rings. The zero-order valence-corrected chi connectivity index (χ0v) is 14.1. The zero-order valence-electron chi connectivity index (χ0n) is 14.1. The number of aliphatic hydroxyl groups is 1. The van der Waals surface area contributed by atoms with Gasteiger partial charge in [0.25, 0.3) is 0 Å². The van der Waals surface area contributed by atoms with E-state index in [1.807, 2.05) is 45.9 Å². The highest BCUT2D eigenvalue weighted by atomic mass is 16.6. The maximum absolute atomic E-state index is 11.7. The van der Waals surface area contributed by atoms with Crippen molar-refractivity contribution in [1.29, 1.82) is 0 Å². The molecule has 0 saturated heterocycles. The van der Waals surface area contributed by atoms with Crippen molar-refractivity contribution in [3.05, 3.63) is 29.3 Å². The van der Waals surface area contributed by atoms with Gasteiger partial charge in [0, 0.05) is 19.1 Å². The Labute approximate surface area is 132 Å². The average molecular weight is 309 g/mol. The Morgan fingerprint density at radius 2 is 2.05 bits per heavy atom. The fourth-order valence-electron chi connectivity index (χ4n) is 2.12. The molecule has 2 N–H and O–H groups in total. The summed E-state index contributed by atoms with van der Waals surface area (Å²) in [6, 6.07) is 5.94. The van der Waals surface area contributed by atoms with E-state index in [1.165, 1.54) is 0 Å². The molecule has 1 aromatic carbocycles. The van der Waals surface area contributed by atoms with Crippen LogP contribution in [0, 0.1) is 12.8 Å². The number of nitrogens with one attached hydrogen (secondary N) is 1. The van der Waals surface area contributed by atoms with E-state index in [-0.39, 0.29) is 12.5 Å². The lowest BCUT2D eigenvalue weighted by Gasteiger charge is -2.21. The summed E-state index contributed by atoms with van der Waals surface area (Å²) in [5, 5.41) is 12.2. The molecule has 124 valence electrons. The number of carbonyl (C=O) groups is 1. The van der Waals surface area contributed by atoms with Crippen molar-refractivity contribution >= 4 is 6.09 Å². The Morgan fingerprint density at radius 1 is 1.36 bits per heavy atom. The van der Waals surface area contributed by atoms with Crippen molar-refractivity contribution in [2.75, 3.05) is 20.3 Å². The Balaban J connectivity index is 2.62. The molecule has 1 rings (SSSR count). The molecule has 1 atom stereocenters. The topological polar surface area (TPSA) is 67.8 Å². The van der Waals surface area contributed by atoms with Gasteiger partial charge in [-0.1, -0.05) is 17.7 Å². The molecule has 5 heteroatoms. The van der Waals surface area contributed by atoms with Gasteiger partial charge in [-0.05, 0) is 45.7 Å². The molecule has 0 saturated carbocycles. The molecule has 0 radical (unpaired) electrons. The van der Waals surface area contributed by atoms with Crippen molar-refractivity contribution in [1.82, 2.24) is 5.32 Å². The van der Waals surface area contributed by atoms with Gasteiger partial charge in [-0.25, -0.2) is 4.79 Å². The number of amides is 1. The van der Waals surface area contributed by atoms with E-state index in [4.69, 9.17) is 9.47 Å². The van der Waals surface area contributed by atoms with Crippen LogP contribution in [0.4, 0.5) is 4.79 Å². The predicted molar refractivity (Wildman–Crippen MR) is 86.2 cm³/mol. The van der Waals surface area contributed by atoms with Gasteiger partial charge in [0.1, 0.15) is 11.4 Å². The third-order valence-corrected chi connectivity index (χ3v) is 3.14. The van der Waals surface area contributed by atoms with Crippen LogP contribution in [0.2, 0.25) is 0 Å². The number of hydrogen-bond acceptors (Lipinski definition) is 4. The average Bonchev–Trinajstić information content (AvgIpc) is 2.41. The van der Waals surface area contributed by atoms with Crippen LogP contribution in [-0.4, -0.2) is 37.1 Å². The van der Waals surface area contributed by atoms with Crippen LogP contribution in [0.3, 0.4) is 0 Å². The quantitative estimate of drug-likeness (QED) is 0.848. The lowest BCUT2D eigenvalue weighted by atomic mass is 9.98. The summed E-state index contributed by atoms with van der Waals surface area (Å²) in [4.78, 5) is 11.7. The normalized spacial score (nSPS) is 12.6. The van der Waals surface area contributed by atoms with Crippen molar-refractivity contribution < 1.29 is 19.4 Å². The number of carbonyl (C=O) groups excluding carboxylic acids is 1. The second-order valence-corrected chi connectivity index (χ2v) is 6.45. The molecule has 0 aliphatic carbocycles. The monoisotopic (exact) mass is 309 g/mol. The molecular formula is C17H27NO4. The highest BCUT2D eigenvalue weighted by Crippen LogP contribution is 2.22. The summed E-state index contributed by atoms with van der Waals surface area (Å²) in [5.74, 6) is 0.699. The van der Waals surface area contributed by atoms with Gasteiger partial charge in [-0.3, -0.25) is 0 Å². The van der Waals surface area contributed by atoms with E-state index in [1.54, 1.807) is 7.11 Å². The fraction of sp³-hybridized carbons (Fsp3) is 0.588. The van der Waals surface area contributed by atoms with Crippen LogP contribution in [0.5, 0.6) is 5.75 Å². The number of aryl methyl sites for hydroxylation is 1. The summed E-state index contributed by atoms with van der Waals surface area (Å²) in [6.07, 6.45) is 0.152. The first kappa shape index (κ1) is 18.3. The van der Waals surface area contributed by atoms with Gasteiger partial charge >= 0.3 is 6.09 Å². The third kappa shape index (κ3) is 6.35. The van der Waals surface area contributed by atoms with Gasteiger partial charge in [-0.2, -0.15) is 0 Å². The molecular weight excluding hydrogens is 282 g/mol. The van der Waals surface area contributed by atoms with Crippen molar-refractivity contribution in [3.63, 3.8) is 0 Å². The van der Waals surface area contributed by atoms with Crippen LogP contribution in [-0.2, 0) is 11.2 Å². The SMILES string of the molecule is COc1ccc(C)cc1CC(CO)CNC(=O)OC(C)(C)C. The lowest BCUT2D eigenvalue weighted by molar-refractivity contribution is 0.0512. The lowest BCUT2D eigenvalue weighted by Crippen LogP contribution is -2.36. The zero-order chi connectivity index (χ0) is 16.8. The van der Waals surface area contributed by atoms with Crippen molar-refractivity contribution in [2.45, 2.75) is 39.7 Å². The first-order valence-corrected chi connectivity index (χ1v) is 7.46. The molecule has 0 fully saturated rings. The second kappa shape index (κ2) is 8.03. The van der Waals surface area contributed by atoms with Gasteiger partial charge in [0.15, 0.2) is 0 Å². The summed E-state index contributed by atoms with van der Waals surface area (Å²) < 4.78 is 10.5. The number of benzene rings is 1. The Morgan fingerprint density at radius 3 is 2.59 bits per heavy atom. The first-order valence-electron chi connectivity index (χ1n) is 7.46. The van der Waals surface area contributed by atoms with Crippen LogP contribution < -0.4 is 10.1 Å². The summed E-state index contributed by atoms with van der Waals surface area (Å²) in [6.45, 7) is 7.78. The molecule has 1 unspecified atom stereocenters. The maximum atomic E-state index is 11.7. The number of ether oxygens (including phenoxy) is 2.